The Morgan fingerprint density at radius 2 is 1.76 bits per heavy atom. The molecular weight excluding hydrogens is 432 g/mol. The molecule has 2 aliphatic rings. The second-order valence-corrected chi connectivity index (χ2v) is 9.57. The van der Waals surface area contributed by atoms with Crippen molar-refractivity contribution < 1.29 is 9.59 Å². The normalized spacial score (nSPS) is 17.5. The largest absolute Gasteiger partial charge is 0.368 e. The molecule has 0 bridgehead atoms. The molecule has 3 aromatic rings. The van der Waals surface area contributed by atoms with Gasteiger partial charge >= 0.3 is 0 Å². The van der Waals surface area contributed by atoms with Crippen molar-refractivity contribution in [2.24, 2.45) is 0 Å². The Bertz CT molecular complexity index is 1120. The van der Waals surface area contributed by atoms with Gasteiger partial charge in [0.2, 0.25) is 0 Å². The Morgan fingerprint density at radius 3 is 2.48 bits per heavy atom. The lowest BCUT2D eigenvalue weighted by Gasteiger charge is -2.36. The molecular formula is C26H28N4O2S. The lowest BCUT2D eigenvalue weighted by Crippen LogP contribution is -2.47. The topological polar surface area (TPSA) is 56.8 Å². The van der Waals surface area contributed by atoms with E-state index in [1.54, 1.807) is 12.3 Å². The highest BCUT2D eigenvalue weighted by Crippen LogP contribution is 2.37. The molecule has 3 heterocycles. The molecule has 1 fully saturated rings. The van der Waals surface area contributed by atoms with E-state index in [1.807, 2.05) is 24.4 Å². The summed E-state index contributed by atoms with van der Waals surface area (Å²) < 4.78 is 0. The average Bonchev–Trinajstić information content (AvgIpc) is 3.47. The van der Waals surface area contributed by atoms with Gasteiger partial charge in [-0.1, -0.05) is 36.4 Å². The summed E-state index contributed by atoms with van der Waals surface area (Å²) in [4.78, 5) is 36.9. The van der Waals surface area contributed by atoms with Gasteiger partial charge in [0, 0.05) is 37.8 Å². The van der Waals surface area contributed by atoms with Gasteiger partial charge in [0.15, 0.2) is 0 Å². The third-order valence-electron chi connectivity index (χ3n) is 6.62. The first-order chi connectivity index (χ1) is 16.1. The molecule has 33 heavy (non-hydrogen) atoms. The number of aromatic nitrogens is 1. The molecule has 1 atom stereocenters. The maximum Gasteiger partial charge on any atom is 0.264 e. The zero-order valence-electron chi connectivity index (χ0n) is 18.8. The van der Waals surface area contributed by atoms with Crippen molar-refractivity contribution in [3.63, 3.8) is 0 Å². The quantitative estimate of drug-likeness (QED) is 0.493. The van der Waals surface area contributed by atoms with Crippen LogP contribution in [0.1, 0.15) is 50.7 Å². The summed E-state index contributed by atoms with van der Waals surface area (Å²) in [5.74, 6) is -0.433. The number of imide groups is 1. The van der Waals surface area contributed by atoms with Crippen molar-refractivity contribution in [2.45, 2.75) is 25.8 Å². The molecule has 170 valence electrons. The summed E-state index contributed by atoms with van der Waals surface area (Å²) in [5.41, 5.74) is 3.31. The average molecular weight is 461 g/mol. The number of carbonyl (C=O) groups is 2. The molecule has 2 aromatic carbocycles. The highest BCUT2D eigenvalue weighted by Gasteiger charge is 2.42. The number of hydrogen-bond acceptors (Lipinski definition) is 6. The number of benzene rings is 2. The van der Waals surface area contributed by atoms with Gasteiger partial charge in [-0.2, -0.15) is 0 Å². The number of piperazine rings is 1. The smallest absolute Gasteiger partial charge is 0.264 e. The number of thiazole rings is 1. The Hall–Kier alpha value is -3.03. The number of carbonyl (C=O) groups excluding carboxylic acids is 2. The minimum Gasteiger partial charge on any atom is -0.368 e. The van der Waals surface area contributed by atoms with Gasteiger partial charge < -0.3 is 4.90 Å². The van der Waals surface area contributed by atoms with Crippen LogP contribution in [0.25, 0.3) is 0 Å². The fourth-order valence-electron chi connectivity index (χ4n) is 4.82. The van der Waals surface area contributed by atoms with Crippen LogP contribution in [0.4, 0.5) is 5.69 Å². The molecule has 1 unspecified atom stereocenters. The molecule has 1 aromatic heterocycles. The van der Waals surface area contributed by atoms with Crippen LogP contribution >= 0.6 is 11.3 Å². The lowest BCUT2D eigenvalue weighted by atomic mass is 10.1. The third kappa shape index (κ3) is 4.30. The van der Waals surface area contributed by atoms with E-state index >= 15 is 0 Å². The highest BCUT2D eigenvalue weighted by molar-refractivity contribution is 7.09. The van der Waals surface area contributed by atoms with Gasteiger partial charge in [-0.3, -0.25) is 19.4 Å². The number of fused-ring (bicyclic) bond motifs is 1. The summed E-state index contributed by atoms with van der Waals surface area (Å²) >= 11 is 1.46. The van der Waals surface area contributed by atoms with Crippen molar-refractivity contribution in [3.05, 3.63) is 81.8 Å². The first kappa shape index (κ1) is 21.8. The lowest BCUT2D eigenvalue weighted by molar-refractivity contribution is 0.0595. The Kier molecular flexibility index (Phi) is 6.24. The van der Waals surface area contributed by atoms with Crippen LogP contribution < -0.4 is 4.90 Å². The summed E-state index contributed by atoms with van der Waals surface area (Å²) in [6, 6.07) is 15.9. The summed E-state index contributed by atoms with van der Waals surface area (Å²) in [5, 5.41) is 2.64. The molecule has 1 saturated heterocycles. The molecule has 0 saturated carbocycles. The molecule has 6 nitrogen and oxygen atoms in total. The zero-order chi connectivity index (χ0) is 22.8. The van der Waals surface area contributed by atoms with E-state index in [0.717, 1.165) is 56.3 Å². The minimum absolute atomic E-state index is 0.210. The molecule has 2 aliphatic heterocycles. The molecule has 7 heteroatoms. The van der Waals surface area contributed by atoms with E-state index in [0.29, 0.717) is 11.1 Å². The van der Waals surface area contributed by atoms with E-state index < -0.39 is 0 Å². The Balaban J connectivity index is 1.24. The molecule has 0 spiro atoms. The van der Waals surface area contributed by atoms with Gasteiger partial charge in [-0.05, 0) is 44.0 Å². The molecule has 0 N–H and O–H groups in total. The first-order valence-corrected chi connectivity index (χ1v) is 12.4. The number of anilines is 1. The second-order valence-electron chi connectivity index (χ2n) is 8.64. The highest BCUT2D eigenvalue weighted by atomic mass is 32.1. The van der Waals surface area contributed by atoms with Gasteiger partial charge in [0.05, 0.1) is 22.9 Å². The fourth-order valence-corrected chi connectivity index (χ4v) is 5.50. The van der Waals surface area contributed by atoms with E-state index in [4.69, 9.17) is 0 Å². The SMILES string of the molecule is CC(c1nccs1)N1C(=O)c2cccc(N3CCN(CCCc4ccccc4)CC3)c2C1=O. The van der Waals surface area contributed by atoms with E-state index in [-0.39, 0.29) is 17.9 Å². The molecule has 5 rings (SSSR count). The number of amides is 2. The maximum absolute atomic E-state index is 13.4. The van der Waals surface area contributed by atoms with Crippen molar-refractivity contribution >= 4 is 28.8 Å². The van der Waals surface area contributed by atoms with E-state index in [9.17, 15) is 9.59 Å². The predicted molar refractivity (Wildman–Crippen MR) is 131 cm³/mol. The van der Waals surface area contributed by atoms with Crippen molar-refractivity contribution in [2.75, 3.05) is 37.6 Å². The second kappa shape index (κ2) is 9.45. The van der Waals surface area contributed by atoms with Crippen LogP contribution in [0.2, 0.25) is 0 Å². The van der Waals surface area contributed by atoms with E-state index in [1.165, 1.54) is 21.8 Å². The van der Waals surface area contributed by atoms with Crippen molar-refractivity contribution in [3.8, 4) is 0 Å². The molecule has 2 amide bonds. The van der Waals surface area contributed by atoms with Gasteiger partial charge in [0.25, 0.3) is 11.8 Å². The fraction of sp³-hybridized carbons (Fsp3) is 0.346. The first-order valence-electron chi connectivity index (χ1n) is 11.5. The van der Waals surface area contributed by atoms with Crippen molar-refractivity contribution in [1.82, 2.24) is 14.8 Å². The number of hydrogen-bond donors (Lipinski definition) is 0. The Labute approximate surface area is 198 Å². The van der Waals surface area contributed by atoms with Crippen LogP contribution in [0.15, 0.2) is 60.1 Å². The van der Waals surface area contributed by atoms with Crippen LogP contribution in [0, 0.1) is 0 Å². The number of rotatable bonds is 7. The molecule has 0 aliphatic carbocycles. The summed E-state index contributed by atoms with van der Waals surface area (Å²) in [6.45, 7) is 6.57. The molecule has 0 radical (unpaired) electrons. The predicted octanol–water partition coefficient (Wildman–Crippen LogP) is 4.26. The van der Waals surface area contributed by atoms with Gasteiger partial charge in [-0.25, -0.2) is 4.98 Å². The number of aryl methyl sites for hydroxylation is 1. The van der Waals surface area contributed by atoms with E-state index in [2.05, 4.69) is 45.1 Å². The summed E-state index contributed by atoms with van der Waals surface area (Å²) in [7, 11) is 0. The van der Waals surface area contributed by atoms with Crippen LogP contribution in [-0.2, 0) is 6.42 Å². The van der Waals surface area contributed by atoms with Crippen LogP contribution in [0.3, 0.4) is 0 Å². The van der Waals surface area contributed by atoms with Crippen LogP contribution in [0.5, 0.6) is 0 Å². The van der Waals surface area contributed by atoms with Crippen LogP contribution in [-0.4, -0.2) is 59.3 Å². The number of nitrogens with zero attached hydrogens (tertiary/aromatic N) is 4. The van der Waals surface area contributed by atoms with Gasteiger partial charge in [-0.15, -0.1) is 11.3 Å². The van der Waals surface area contributed by atoms with Gasteiger partial charge in [0.1, 0.15) is 5.01 Å². The monoisotopic (exact) mass is 460 g/mol. The zero-order valence-corrected chi connectivity index (χ0v) is 19.6. The van der Waals surface area contributed by atoms with Crippen molar-refractivity contribution in [1.29, 1.82) is 0 Å². The Morgan fingerprint density at radius 1 is 0.970 bits per heavy atom. The minimum atomic E-state index is -0.369. The third-order valence-corrected chi connectivity index (χ3v) is 7.56. The summed E-state index contributed by atoms with van der Waals surface area (Å²) in [6.07, 6.45) is 3.94. The maximum atomic E-state index is 13.4. The standard InChI is InChI=1S/C26H28N4O2S/c1-19(24-27-12-18-33-24)30-25(31)21-10-5-11-22(23(21)26(30)32)29-16-14-28(15-17-29)13-6-9-20-7-3-2-4-8-20/h2-5,7-8,10-12,18-19H,6,9,13-17H2,1H3.